The molecule has 0 amide bonds. The van der Waals surface area contributed by atoms with Gasteiger partial charge >= 0.3 is 0 Å². The number of rotatable bonds is 10. The molecule has 1 unspecified atom stereocenters. The van der Waals surface area contributed by atoms with Crippen molar-refractivity contribution in [3.05, 3.63) is 15.9 Å². The smallest absolute Gasteiger partial charge is 0.261 e. The lowest BCUT2D eigenvalue weighted by Gasteiger charge is -2.19. The molecule has 1 N–H and O–H groups in total. The summed E-state index contributed by atoms with van der Waals surface area (Å²) in [5.74, 6) is 0. The maximum Gasteiger partial charge on any atom is 0.261 e. The Hall–Kier alpha value is -0.530. The third-order valence-corrected chi connectivity index (χ3v) is 4.27. The fraction of sp³-hybridized carbons (Fsp3) is 0.786. The lowest BCUT2D eigenvalue weighted by molar-refractivity contribution is 0.0144. The zero-order valence-electron chi connectivity index (χ0n) is 12.8. The molecule has 0 aromatic carbocycles. The van der Waals surface area contributed by atoms with E-state index >= 15 is 0 Å². The average Bonchev–Trinajstić information content (AvgIpc) is 2.66. The molecular formula is C14H24BrF2N3O. The van der Waals surface area contributed by atoms with Crippen LogP contribution >= 0.6 is 15.9 Å². The first kappa shape index (κ1) is 18.5. The second-order valence-electron chi connectivity index (χ2n) is 5.08. The molecule has 4 nitrogen and oxygen atoms in total. The van der Waals surface area contributed by atoms with Crippen molar-refractivity contribution >= 4 is 15.9 Å². The van der Waals surface area contributed by atoms with Crippen molar-refractivity contribution in [1.82, 2.24) is 15.1 Å². The zero-order chi connectivity index (χ0) is 15.8. The lowest BCUT2D eigenvalue weighted by atomic mass is 10.1. The van der Waals surface area contributed by atoms with E-state index in [1.54, 1.807) is 0 Å². The van der Waals surface area contributed by atoms with E-state index in [9.17, 15) is 8.78 Å². The van der Waals surface area contributed by atoms with E-state index < -0.39 is 13.0 Å². The number of hydrogen-bond donors (Lipinski definition) is 1. The summed E-state index contributed by atoms with van der Waals surface area (Å²) in [6.45, 7) is 4.79. The van der Waals surface area contributed by atoms with E-state index in [0.29, 0.717) is 13.0 Å². The first-order valence-corrected chi connectivity index (χ1v) is 8.02. The summed E-state index contributed by atoms with van der Waals surface area (Å²) < 4.78 is 32.0. The predicted octanol–water partition coefficient (Wildman–Crippen LogP) is 3.07. The zero-order valence-corrected chi connectivity index (χ0v) is 14.4. The molecule has 0 saturated heterocycles. The van der Waals surface area contributed by atoms with Crippen LogP contribution in [-0.4, -0.2) is 42.0 Å². The van der Waals surface area contributed by atoms with Crippen LogP contribution in [0.3, 0.4) is 0 Å². The van der Waals surface area contributed by atoms with E-state index in [0.717, 1.165) is 35.2 Å². The molecule has 1 rings (SSSR count). The Morgan fingerprint density at radius 1 is 1.43 bits per heavy atom. The predicted molar refractivity (Wildman–Crippen MR) is 82.9 cm³/mol. The molecule has 0 aliphatic carbocycles. The number of aryl methyl sites for hydroxylation is 2. The fourth-order valence-electron chi connectivity index (χ4n) is 2.16. The maximum atomic E-state index is 12.1. The standard InChI is InChI=1S/C14H24BrF2N3O/c1-4-6-18-11(5-7-21-9-13(16)17)8-12-14(15)10(2)19-20(12)3/h11,13,18H,4-9H2,1-3H3. The molecule has 0 aliphatic rings. The summed E-state index contributed by atoms with van der Waals surface area (Å²) in [5.41, 5.74) is 2.06. The summed E-state index contributed by atoms with van der Waals surface area (Å²) in [7, 11) is 1.91. The van der Waals surface area contributed by atoms with E-state index in [4.69, 9.17) is 4.74 Å². The van der Waals surface area contributed by atoms with Crippen molar-refractivity contribution in [3.63, 3.8) is 0 Å². The van der Waals surface area contributed by atoms with Crippen LogP contribution in [0.15, 0.2) is 4.47 Å². The van der Waals surface area contributed by atoms with Gasteiger partial charge in [0, 0.05) is 26.1 Å². The molecule has 1 aromatic rings. The van der Waals surface area contributed by atoms with Gasteiger partial charge in [0.05, 0.1) is 15.9 Å². The summed E-state index contributed by atoms with van der Waals surface area (Å²) >= 11 is 3.56. The van der Waals surface area contributed by atoms with E-state index in [1.165, 1.54) is 0 Å². The van der Waals surface area contributed by atoms with Crippen molar-refractivity contribution in [2.45, 2.75) is 45.6 Å². The van der Waals surface area contributed by atoms with Gasteiger partial charge in [0.25, 0.3) is 6.43 Å². The summed E-state index contributed by atoms with van der Waals surface area (Å²) in [6, 6.07) is 0.189. The van der Waals surface area contributed by atoms with Crippen molar-refractivity contribution in [3.8, 4) is 0 Å². The quantitative estimate of drug-likeness (QED) is 0.646. The van der Waals surface area contributed by atoms with Gasteiger partial charge in [-0.1, -0.05) is 6.92 Å². The Labute approximate surface area is 133 Å². The van der Waals surface area contributed by atoms with Crippen LogP contribution in [-0.2, 0) is 18.2 Å². The number of hydrogen-bond acceptors (Lipinski definition) is 3. The SMILES string of the molecule is CCCNC(CCOCC(F)F)Cc1c(Br)c(C)nn1C. The van der Waals surface area contributed by atoms with Crippen LogP contribution in [0.4, 0.5) is 8.78 Å². The number of nitrogens with zero attached hydrogens (tertiary/aromatic N) is 2. The number of aromatic nitrogens is 2. The van der Waals surface area contributed by atoms with Crippen LogP contribution in [0.5, 0.6) is 0 Å². The molecule has 122 valence electrons. The Balaban J connectivity index is 2.56. The van der Waals surface area contributed by atoms with E-state index in [-0.39, 0.29) is 6.04 Å². The molecule has 0 spiro atoms. The van der Waals surface area contributed by atoms with Gasteiger partial charge in [-0.3, -0.25) is 4.68 Å². The second kappa shape index (κ2) is 9.48. The highest BCUT2D eigenvalue weighted by Crippen LogP contribution is 2.22. The van der Waals surface area contributed by atoms with Crippen LogP contribution in [0.2, 0.25) is 0 Å². The van der Waals surface area contributed by atoms with Crippen LogP contribution in [0, 0.1) is 6.92 Å². The van der Waals surface area contributed by atoms with E-state index in [1.807, 2.05) is 18.7 Å². The monoisotopic (exact) mass is 367 g/mol. The highest BCUT2D eigenvalue weighted by molar-refractivity contribution is 9.10. The van der Waals surface area contributed by atoms with Gasteiger partial charge in [0.1, 0.15) is 6.61 Å². The summed E-state index contributed by atoms with van der Waals surface area (Å²) in [4.78, 5) is 0. The van der Waals surface area contributed by atoms with Gasteiger partial charge in [-0.05, 0) is 42.2 Å². The highest BCUT2D eigenvalue weighted by Gasteiger charge is 2.16. The minimum absolute atomic E-state index is 0.189. The largest absolute Gasteiger partial charge is 0.375 e. The lowest BCUT2D eigenvalue weighted by Crippen LogP contribution is -2.34. The fourth-order valence-corrected chi connectivity index (χ4v) is 2.66. The molecule has 0 saturated carbocycles. The van der Waals surface area contributed by atoms with Gasteiger partial charge in [-0.25, -0.2) is 8.78 Å². The van der Waals surface area contributed by atoms with Crippen LogP contribution in [0.25, 0.3) is 0 Å². The average molecular weight is 368 g/mol. The molecule has 0 radical (unpaired) electrons. The third kappa shape index (κ3) is 6.40. The highest BCUT2D eigenvalue weighted by atomic mass is 79.9. The Kier molecular flexibility index (Phi) is 8.36. The molecule has 7 heteroatoms. The van der Waals surface area contributed by atoms with Gasteiger partial charge in [-0.15, -0.1) is 0 Å². The molecule has 1 atom stereocenters. The number of ether oxygens (including phenoxy) is 1. The van der Waals surface area contributed by atoms with Crippen LogP contribution < -0.4 is 5.32 Å². The Morgan fingerprint density at radius 3 is 2.67 bits per heavy atom. The van der Waals surface area contributed by atoms with Gasteiger partial charge < -0.3 is 10.1 Å². The first-order valence-electron chi connectivity index (χ1n) is 7.22. The molecular weight excluding hydrogens is 344 g/mol. The molecule has 0 aliphatic heterocycles. The molecule has 1 aromatic heterocycles. The third-order valence-electron chi connectivity index (χ3n) is 3.24. The molecule has 21 heavy (non-hydrogen) atoms. The van der Waals surface area contributed by atoms with Gasteiger partial charge in [-0.2, -0.15) is 5.10 Å². The van der Waals surface area contributed by atoms with Crippen molar-refractivity contribution in [2.24, 2.45) is 7.05 Å². The van der Waals surface area contributed by atoms with Gasteiger partial charge in [0.15, 0.2) is 0 Å². The normalized spacial score (nSPS) is 13.1. The minimum Gasteiger partial charge on any atom is -0.375 e. The summed E-state index contributed by atoms with van der Waals surface area (Å²) in [5, 5.41) is 7.82. The molecule has 1 heterocycles. The number of alkyl halides is 2. The maximum absolute atomic E-state index is 12.1. The van der Waals surface area contributed by atoms with Crippen molar-refractivity contribution in [2.75, 3.05) is 19.8 Å². The Morgan fingerprint density at radius 2 is 2.14 bits per heavy atom. The molecule has 0 fully saturated rings. The molecule has 0 bridgehead atoms. The second-order valence-corrected chi connectivity index (χ2v) is 5.87. The number of halogens is 3. The van der Waals surface area contributed by atoms with Crippen molar-refractivity contribution < 1.29 is 13.5 Å². The Bertz CT molecular complexity index is 427. The number of nitrogens with one attached hydrogen (secondary N) is 1. The van der Waals surface area contributed by atoms with Crippen LogP contribution in [0.1, 0.15) is 31.2 Å². The van der Waals surface area contributed by atoms with Crippen molar-refractivity contribution in [1.29, 1.82) is 0 Å². The summed E-state index contributed by atoms with van der Waals surface area (Å²) in [6.07, 6.45) is 0.111. The minimum atomic E-state index is -2.40. The van der Waals surface area contributed by atoms with E-state index in [2.05, 4.69) is 33.3 Å². The first-order chi connectivity index (χ1) is 9.95. The van der Waals surface area contributed by atoms with Gasteiger partial charge in [0.2, 0.25) is 0 Å². The topological polar surface area (TPSA) is 39.1 Å².